The van der Waals surface area contributed by atoms with E-state index in [9.17, 15) is 18.0 Å². The molecule has 0 aromatic heterocycles. The van der Waals surface area contributed by atoms with Crippen molar-refractivity contribution in [1.82, 2.24) is 4.72 Å². The molecule has 0 spiro atoms. The SMILES string of the molecule is CCOC(=O)c1ccc(CS(=O)(=O)N[C@@H](C)C(=O)O)cc1. The average Bonchev–Trinajstić information content (AvgIpc) is 2.38. The molecule has 116 valence electrons. The van der Waals surface area contributed by atoms with Crippen LogP contribution in [0.4, 0.5) is 0 Å². The van der Waals surface area contributed by atoms with Gasteiger partial charge in [-0.1, -0.05) is 12.1 Å². The number of hydrogen-bond donors (Lipinski definition) is 2. The molecule has 1 rings (SSSR count). The molecule has 8 heteroatoms. The first-order valence-corrected chi connectivity index (χ1v) is 7.89. The van der Waals surface area contributed by atoms with Crippen molar-refractivity contribution in [2.75, 3.05) is 6.61 Å². The van der Waals surface area contributed by atoms with Crippen LogP contribution in [0.15, 0.2) is 24.3 Å². The second-order valence-corrected chi connectivity index (χ2v) is 6.11. The maximum atomic E-state index is 11.8. The van der Waals surface area contributed by atoms with Gasteiger partial charge in [-0.05, 0) is 31.5 Å². The number of aliphatic carboxylic acids is 1. The molecule has 0 radical (unpaired) electrons. The van der Waals surface area contributed by atoms with Crippen LogP contribution in [0, 0.1) is 0 Å². The third-order valence-electron chi connectivity index (χ3n) is 2.55. The Bertz CT molecular complexity index is 608. The van der Waals surface area contributed by atoms with E-state index in [0.717, 1.165) is 0 Å². The van der Waals surface area contributed by atoms with Gasteiger partial charge in [0.2, 0.25) is 10.0 Å². The Morgan fingerprint density at radius 1 is 1.29 bits per heavy atom. The second kappa shape index (κ2) is 7.19. The van der Waals surface area contributed by atoms with Crippen molar-refractivity contribution < 1.29 is 27.9 Å². The number of benzene rings is 1. The zero-order chi connectivity index (χ0) is 16.0. The molecule has 0 heterocycles. The number of carboxylic acid groups (broad SMARTS) is 1. The lowest BCUT2D eigenvalue weighted by Gasteiger charge is -2.10. The van der Waals surface area contributed by atoms with Crippen LogP contribution in [0.5, 0.6) is 0 Å². The van der Waals surface area contributed by atoms with Crippen molar-refractivity contribution in [3.05, 3.63) is 35.4 Å². The summed E-state index contributed by atoms with van der Waals surface area (Å²) in [5.41, 5.74) is 0.762. The lowest BCUT2D eigenvalue weighted by Crippen LogP contribution is -2.38. The Balaban J connectivity index is 2.75. The molecule has 7 nitrogen and oxygen atoms in total. The first-order valence-electron chi connectivity index (χ1n) is 6.24. The van der Waals surface area contributed by atoms with Crippen LogP contribution in [-0.4, -0.2) is 38.1 Å². The van der Waals surface area contributed by atoms with E-state index in [2.05, 4.69) is 0 Å². The van der Waals surface area contributed by atoms with E-state index in [4.69, 9.17) is 9.84 Å². The number of carbonyl (C=O) groups excluding carboxylic acids is 1. The van der Waals surface area contributed by atoms with Crippen LogP contribution in [0.3, 0.4) is 0 Å². The summed E-state index contributed by atoms with van der Waals surface area (Å²) in [6.07, 6.45) is 0. The van der Waals surface area contributed by atoms with Gasteiger partial charge in [-0.25, -0.2) is 17.9 Å². The number of sulfonamides is 1. The first kappa shape index (κ1) is 17.1. The standard InChI is InChI=1S/C13H17NO6S/c1-3-20-13(17)11-6-4-10(5-7-11)8-21(18,19)14-9(2)12(15)16/h4-7,9,14H,3,8H2,1-2H3,(H,15,16)/t9-/m0/s1. The molecule has 1 atom stereocenters. The summed E-state index contributed by atoms with van der Waals surface area (Å²) in [5.74, 6) is -2.10. The number of esters is 1. The number of carbonyl (C=O) groups is 2. The van der Waals surface area contributed by atoms with Crippen molar-refractivity contribution >= 4 is 22.0 Å². The minimum Gasteiger partial charge on any atom is -0.480 e. The van der Waals surface area contributed by atoms with Gasteiger partial charge in [0.15, 0.2) is 0 Å². The van der Waals surface area contributed by atoms with Crippen LogP contribution in [0.2, 0.25) is 0 Å². The highest BCUT2D eigenvalue weighted by atomic mass is 32.2. The summed E-state index contributed by atoms with van der Waals surface area (Å²) in [6, 6.07) is 4.69. The van der Waals surface area contributed by atoms with Crippen LogP contribution in [-0.2, 0) is 25.3 Å². The number of carboxylic acids is 1. The molecule has 0 unspecified atom stereocenters. The molecule has 0 aliphatic rings. The highest BCUT2D eigenvalue weighted by Crippen LogP contribution is 2.09. The van der Waals surface area contributed by atoms with Crippen molar-refractivity contribution in [2.45, 2.75) is 25.6 Å². The fraction of sp³-hybridized carbons (Fsp3) is 0.385. The zero-order valence-electron chi connectivity index (χ0n) is 11.7. The van der Waals surface area contributed by atoms with Gasteiger partial charge in [-0.15, -0.1) is 0 Å². The summed E-state index contributed by atoms with van der Waals surface area (Å²) in [7, 11) is -3.77. The molecule has 1 aromatic carbocycles. The van der Waals surface area contributed by atoms with Crippen molar-refractivity contribution in [3.8, 4) is 0 Å². The molecule has 1 aromatic rings. The van der Waals surface area contributed by atoms with Crippen molar-refractivity contribution in [2.24, 2.45) is 0 Å². The topological polar surface area (TPSA) is 110 Å². The summed E-state index contributed by atoms with van der Waals surface area (Å²) in [4.78, 5) is 22.1. The van der Waals surface area contributed by atoms with Gasteiger partial charge in [0.05, 0.1) is 17.9 Å². The molecular weight excluding hydrogens is 298 g/mol. The van der Waals surface area contributed by atoms with Crippen molar-refractivity contribution in [1.29, 1.82) is 0 Å². The Kier molecular flexibility index (Phi) is 5.86. The van der Waals surface area contributed by atoms with Gasteiger partial charge < -0.3 is 9.84 Å². The third-order valence-corrected chi connectivity index (χ3v) is 3.97. The van der Waals surface area contributed by atoms with E-state index in [1.54, 1.807) is 6.92 Å². The van der Waals surface area contributed by atoms with Gasteiger partial charge in [0.1, 0.15) is 6.04 Å². The molecular formula is C13H17NO6S. The molecule has 0 fully saturated rings. The summed E-state index contributed by atoms with van der Waals surface area (Å²) < 4.78 is 30.4. The van der Waals surface area contributed by atoms with Gasteiger partial charge in [0.25, 0.3) is 0 Å². The number of ether oxygens (including phenoxy) is 1. The van der Waals surface area contributed by atoms with E-state index >= 15 is 0 Å². The predicted molar refractivity (Wildman–Crippen MR) is 75.3 cm³/mol. The van der Waals surface area contributed by atoms with Gasteiger partial charge in [0, 0.05) is 0 Å². The molecule has 0 saturated heterocycles. The minimum absolute atomic E-state index is 0.256. The lowest BCUT2D eigenvalue weighted by molar-refractivity contribution is -0.138. The zero-order valence-corrected chi connectivity index (χ0v) is 12.5. The van der Waals surface area contributed by atoms with E-state index in [1.165, 1.54) is 31.2 Å². The highest BCUT2D eigenvalue weighted by Gasteiger charge is 2.20. The molecule has 0 aliphatic carbocycles. The third kappa shape index (κ3) is 5.52. The average molecular weight is 315 g/mol. The smallest absolute Gasteiger partial charge is 0.338 e. The number of rotatable bonds is 7. The molecule has 21 heavy (non-hydrogen) atoms. The first-order chi connectivity index (χ1) is 9.75. The largest absolute Gasteiger partial charge is 0.480 e. The molecule has 0 saturated carbocycles. The maximum absolute atomic E-state index is 11.8. The Labute approximate surface area is 123 Å². The van der Waals surface area contributed by atoms with E-state index < -0.39 is 28.0 Å². The summed E-state index contributed by atoms with van der Waals surface area (Å²) in [6.45, 7) is 3.18. The lowest BCUT2D eigenvalue weighted by atomic mass is 10.1. The fourth-order valence-electron chi connectivity index (χ4n) is 1.53. The van der Waals surface area contributed by atoms with E-state index in [-0.39, 0.29) is 12.4 Å². The monoisotopic (exact) mass is 315 g/mol. The van der Waals surface area contributed by atoms with Crippen LogP contribution < -0.4 is 4.72 Å². The van der Waals surface area contributed by atoms with Gasteiger partial charge >= 0.3 is 11.9 Å². The van der Waals surface area contributed by atoms with Crippen molar-refractivity contribution in [3.63, 3.8) is 0 Å². The molecule has 2 N–H and O–H groups in total. The molecule has 0 amide bonds. The molecule has 0 aliphatic heterocycles. The minimum atomic E-state index is -3.77. The summed E-state index contributed by atoms with van der Waals surface area (Å²) >= 11 is 0. The van der Waals surface area contributed by atoms with Crippen LogP contribution >= 0.6 is 0 Å². The van der Waals surface area contributed by atoms with E-state index in [1.807, 2.05) is 4.72 Å². The fourth-order valence-corrected chi connectivity index (χ4v) is 2.89. The van der Waals surface area contributed by atoms with E-state index in [0.29, 0.717) is 11.1 Å². The number of nitrogens with one attached hydrogen (secondary N) is 1. The van der Waals surface area contributed by atoms with Gasteiger partial charge in [-0.2, -0.15) is 0 Å². The van der Waals surface area contributed by atoms with Crippen LogP contribution in [0.1, 0.15) is 29.8 Å². The summed E-state index contributed by atoms with van der Waals surface area (Å²) in [5, 5.41) is 8.68. The number of hydrogen-bond acceptors (Lipinski definition) is 5. The quantitative estimate of drug-likeness (QED) is 0.719. The highest BCUT2D eigenvalue weighted by molar-refractivity contribution is 7.88. The van der Waals surface area contributed by atoms with Gasteiger partial charge in [-0.3, -0.25) is 4.79 Å². The Morgan fingerprint density at radius 3 is 2.33 bits per heavy atom. The Morgan fingerprint density at radius 2 is 1.86 bits per heavy atom. The maximum Gasteiger partial charge on any atom is 0.338 e. The molecule has 0 bridgehead atoms. The second-order valence-electron chi connectivity index (χ2n) is 4.35. The Hall–Kier alpha value is -1.93. The normalized spacial score (nSPS) is 12.7. The van der Waals surface area contributed by atoms with Crippen LogP contribution in [0.25, 0.3) is 0 Å². The predicted octanol–water partition coefficient (Wildman–Crippen LogP) is 0.756.